The number of nitrogens with zero attached hydrogens (tertiary/aromatic N) is 9. The molecule has 5 aromatic heterocycles. The number of H-pyrrole nitrogens is 1. The third kappa shape index (κ3) is 7.68. The smallest absolute Gasteiger partial charge is 0.413 e. The van der Waals surface area contributed by atoms with Crippen LogP contribution in [0.1, 0.15) is 5.56 Å². The molecule has 5 heterocycles. The summed E-state index contributed by atoms with van der Waals surface area (Å²) >= 11 is 0. The molecule has 254 valence electrons. The molecule has 50 heavy (non-hydrogen) atoms. The molecule has 0 fully saturated rings. The number of benzene rings is 1. The van der Waals surface area contributed by atoms with E-state index in [9.17, 15) is 18.3 Å². The van der Waals surface area contributed by atoms with E-state index in [0.717, 1.165) is 10.5 Å². The van der Waals surface area contributed by atoms with Gasteiger partial charge in [0.15, 0.2) is 33.9 Å². The number of para-hydroxylation sites is 2. The SMILES string of the molecule is COc1ccccc1Oc1ccc(N(CCOc2ccnc(-c3ccnc(-c4nn[nH]n4)c3)n2)C(=O)O)nc1NS(=O)(=O)c1ccc(C)cn1. The van der Waals surface area contributed by atoms with Gasteiger partial charge in [-0.05, 0) is 60.2 Å². The fourth-order valence-electron chi connectivity index (χ4n) is 4.43. The number of aromatic amines is 1. The third-order valence-corrected chi connectivity index (χ3v) is 8.07. The fourth-order valence-corrected chi connectivity index (χ4v) is 5.37. The van der Waals surface area contributed by atoms with E-state index in [1.54, 1.807) is 55.6 Å². The largest absolute Gasteiger partial charge is 0.493 e. The van der Waals surface area contributed by atoms with Crippen LogP contribution >= 0.6 is 0 Å². The van der Waals surface area contributed by atoms with Gasteiger partial charge < -0.3 is 19.3 Å². The first-order valence-corrected chi connectivity index (χ1v) is 16.1. The second-order valence-electron chi connectivity index (χ2n) is 10.2. The molecule has 1 amide bonds. The lowest BCUT2D eigenvalue weighted by molar-refractivity contribution is 0.199. The van der Waals surface area contributed by atoms with E-state index in [1.165, 1.54) is 43.8 Å². The topological polar surface area (TPSA) is 233 Å². The maximum Gasteiger partial charge on any atom is 0.413 e. The molecule has 0 unspecified atom stereocenters. The van der Waals surface area contributed by atoms with Gasteiger partial charge in [0.2, 0.25) is 11.7 Å². The van der Waals surface area contributed by atoms with Crippen LogP contribution < -0.4 is 23.8 Å². The Bertz CT molecular complexity index is 2220. The van der Waals surface area contributed by atoms with Crippen molar-refractivity contribution in [1.82, 2.24) is 45.5 Å². The number of aromatic nitrogens is 9. The second-order valence-corrected chi connectivity index (χ2v) is 11.8. The van der Waals surface area contributed by atoms with Gasteiger partial charge in [-0.2, -0.15) is 18.6 Å². The van der Waals surface area contributed by atoms with Gasteiger partial charge in [0.1, 0.15) is 18.1 Å². The Morgan fingerprint density at radius 3 is 2.50 bits per heavy atom. The van der Waals surface area contributed by atoms with Gasteiger partial charge in [0.05, 0.1) is 13.7 Å². The molecule has 3 N–H and O–H groups in total. The lowest BCUT2D eigenvalue weighted by Crippen LogP contribution is -2.34. The van der Waals surface area contributed by atoms with Crippen molar-refractivity contribution in [2.75, 3.05) is 29.9 Å². The molecule has 0 saturated carbocycles. The molecule has 6 rings (SSSR count). The molecular weight excluding hydrogens is 670 g/mol. The molecule has 0 aliphatic rings. The van der Waals surface area contributed by atoms with Crippen LogP contribution in [0.3, 0.4) is 0 Å². The number of hydrogen-bond acceptors (Lipinski definition) is 14. The number of carboxylic acid groups (broad SMARTS) is 1. The maximum absolute atomic E-state index is 13.3. The molecule has 18 nitrogen and oxygen atoms in total. The molecular formula is C31H27N11O7S. The molecule has 1 aromatic carbocycles. The molecule has 0 bridgehead atoms. The zero-order valence-corrected chi connectivity index (χ0v) is 27.1. The maximum atomic E-state index is 13.3. The van der Waals surface area contributed by atoms with Crippen LogP contribution in [0.2, 0.25) is 0 Å². The van der Waals surface area contributed by atoms with Crippen LogP contribution in [-0.2, 0) is 10.0 Å². The van der Waals surface area contributed by atoms with E-state index in [0.29, 0.717) is 28.7 Å². The van der Waals surface area contributed by atoms with E-state index in [4.69, 9.17) is 14.2 Å². The lowest BCUT2D eigenvalue weighted by atomic mass is 10.2. The molecule has 0 aliphatic carbocycles. The van der Waals surface area contributed by atoms with Gasteiger partial charge in [-0.1, -0.05) is 18.2 Å². The predicted molar refractivity (Wildman–Crippen MR) is 176 cm³/mol. The molecule has 0 spiro atoms. The van der Waals surface area contributed by atoms with Crippen LogP contribution in [0.4, 0.5) is 16.4 Å². The van der Waals surface area contributed by atoms with Gasteiger partial charge in [0, 0.05) is 30.2 Å². The summed E-state index contributed by atoms with van der Waals surface area (Å²) in [5, 5.41) is 23.6. The van der Waals surface area contributed by atoms with Crippen molar-refractivity contribution in [3.8, 4) is 46.0 Å². The summed E-state index contributed by atoms with van der Waals surface area (Å²) in [4.78, 5) is 34.6. The van der Waals surface area contributed by atoms with Crippen LogP contribution in [0.25, 0.3) is 22.9 Å². The average molecular weight is 698 g/mol. The van der Waals surface area contributed by atoms with Gasteiger partial charge in [-0.15, -0.1) is 10.2 Å². The summed E-state index contributed by atoms with van der Waals surface area (Å²) in [7, 11) is -2.82. The Hall–Kier alpha value is -6.76. The molecule has 0 aliphatic heterocycles. The number of sulfonamides is 1. The summed E-state index contributed by atoms with van der Waals surface area (Å²) in [6.07, 6.45) is 3.07. The van der Waals surface area contributed by atoms with Crippen LogP contribution in [0.15, 0.2) is 90.3 Å². The Kier molecular flexibility index (Phi) is 9.65. The fraction of sp³-hybridized carbons (Fsp3) is 0.129. The van der Waals surface area contributed by atoms with Crippen molar-refractivity contribution >= 4 is 27.8 Å². The predicted octanol–water partition coefficient (Wildman–Crippen LogP) is 3.98. The van der Waals surface area contributed by atoms with Crippen molar-refractivity contribution in [3.63, 3.8) is 0 Å². The number of tetrazole rings is 1. The van der Waals surface area contributed by atoms with Crippen LogP contribution in [-0.4, -0.2) is 85.4 Å². The summed E-state index contributed by atoms with van der Waals surface area (Å²) in [5.74, 6) is 0.996. The van der Waals surface area contributed by atoms with E-state index >= 15 is 0 Å². The average Bonchev–Trinajstić information content (AvgIpc) is 3.67. The highest BCUT2D eigenvalue weighted by Crippen LogP contribution is 2.36. The van der Waals surface area contributed by atoms with Crippen molar-refractivity contribution < 1.29 is 32.5 Å². The number of nitrogens with one attached hydrogen (secondary N) is 2. The quantitative estimate of drug-likeness (QED) is 0.155. The number of aryl methyl sites for hydroxylation is 1. The molecule has 0 saturated heterocycles. The number of ether oxygens (including phenoxy) is 3. The highest BCUT2D eigenvalue weighted by atomic mass is 32.2. The minimum absolute atomic E-state index is 0.0253. The van der Waals surface area contributed by atoms with Gasteiger partial charge >= 0.3 is 6.09 Å². The Morgan fingerprint density at radius 2 is 1.76 bits per heavy atom. The van der Waals surface area contributed by atoms with Crippen LogP contribution in [0.5, 0.6) is 23.1 Å². The summed E-state index contributed by atoms with van der Waals surface area (Å²) < 4.78 is 46.1. The van der Waals surface area contributed by atoms with Gasteiger partial charge in [-0.3, -0.25) is 14.6 Å². The highest BCUT2D eigenvalue weighted by Gasteiger charge is 2.24. The van der Waals surface area contributed by atoms with E-state index in [1.807, 2.05) is 0 Å². The lowest BCUT2D eigenvalue weighted by Gasteiger charge is -2.21. The van der Waals surface area contributed by atoms with Crippen molar-refractivity contribution in [3.05, 3.63) is 90.9 Å². The van der Waals surface area contributed by atoms with Gasteiger partial charge in [-0.25, -0.2) is 19.7 Å². The number of methoxy groups -OCH3 is 1. The Balaban J connectivity index is 1.23. The number of carbonyl (C=O) groups is 1. The monoisotopic (exact) mass is 697 g/mol. The Labute approximate surface area is 284 Å². The van der Waals surface area contributed by atoms with Crippen molar-refractivity contribution in [1.29, 1.82) is 0 Å². The van der Waals surface area contributed by atoms with Crippen LogP contribution in [0, 0.1) is 6.92 Å². The van der Waals surface area contributed by atoms with Crippen molar-refractivity contribution in [2.45, 2.75) is 11.9 Å². The Morgan fingerprint density at radius 1 is 0.940 bits per heavy atom. The number of rotatable bonds is 13. The van der Waals surface area contributed by atoms with E-state index in [-0.39, 0.29) is 47.2 Å². The van der Waals surface area contributed by atoms with Gasteiger partial charge in [0.25, 0.3) is 10.0 Å². The number of hydrogen-bond donors (Lipinski definition) is 3. The molecule has 0 atom stereocenters. The zero-order valence-electron chi connectivity index (χ0n) is 26.3. The van der Waals surface area contributed by atoms with E-state index < -0.39 is 16.1 Å². The summed E-state index contributed by atoms with van der Waals surface area (Å²) in [5.41, 5.74) is 1.81. The second kappa shape index (κ2) is 14.6. The highest BCUT2D eigenvalue weighted by molar-refractivity contribution is 7.92. The van der Waals surface area contributed by atoms with E-state index in [2.05, 4.69) is 50.3 Å². The zero-order chi connectivity index (χ0) is 35.1. The number of amides is 1. The third-order valence-electron chi connectivity index (χ3n) is 6.82. The summed E-state index contributed by atoms with van der Waals surface area (Å²) in [6, 6.07) is 17.3. The first-order chi connectivity index (χ1) is 24.2. The normalized spacial score (nSPS) is 11.1. The minimum atomic E-state index is -4.27. The van der Waals surface area contributed by atoms with Crippen molar-refractivity contribution in [2.24, 2.45) is 0 Å². The first-order valence-electron chi connectivity index (χ1n) is 14.6. The number of anilines is 2. The number of pyridine rings is 3. The molecule has 6 aromatic rings. The summed E-state index contributed by atoms with van der Waals surface area (Å²) in [6.45, 7) is 1.41. The molecule has 19 heteroatoms. The first kappa shape index (κ1) is 33.2. The molecule has 0 radical (unpaired) electrons. The standard InChI is InChI=1S/C31H27N11O7S/c1-19-7-10-27(34-18-19)50(45,46)39-30-24(49-23-6-4-3-5-22(23)47-2)8-9-25(35-30)42(31(43)44)15-16-48-26-12-14-33-28(36-26)20-11-13-32-21(17-20)29-37-40-41-38-29/h3-14,17-18H,15-16H2,1-2H3,(H,35,39)(H,43,44)(H,37,38,40,41). The minimum Gasteiger partial charge on any atom is -0.493 e.